The van der Waals surface area contributed by atoms with Crippen LogP contribution in [0.25, 0.3) is 0 Å². The molecule has 0 spiro atoms. The van der Waals surface area contributed by atoms with Gasteiger partial charge >= 0.3 is 12.1 Å². The summed E-state index contributed by atoms with van der Waals surface area (Å²) in [4.78, 5) is 14.3. The van der Waals surface area contributed by atoms with Crippen molar-refractivity contribution in [1.29, 1.82) is 0 Å². The first kappa shape index (κ1) is 22.9. The molecule has 1 aromatic carbocycles. The van der Waals surface area contributed by atoms with Crippen LogP contribution in [-0.4, -0.2) is 49.5 Å². The first-order valence-electron chi connectivity index (χ1n) is 10.5. The van der Waals surface area contributed by atoms with Crippen molar-refractivity contribution in [2.24, 2.45) is 11.8 Å². The monoisotopic (exact) mass is 428 g/mol. The third-order valence-corrected chi connectivity index (χ3v) is 5.91. The van der Waals surface area contributed by atoms with Crippen LogP contribution in [0, 0.1) is 11.8 Å². The van der Waals surface area contributed by atoms with Gasteiger partial charge in [-0.25, -0.2) is 0 Å². The van der Waals surface area contributed by atoms with E-state index >= 15 is 0 Å². The van der Waals surface area contributed by atoms with Gasteiger partial charge in [-0.15, -0.1) is 0 Å². The number of aliphatic hydroxyl groups excluding tert-OH is 1. The number of hydrogen-bond donors (Lipinski definition) is 2. The minimum absolute atomic E-state index is 0.0150. The molecule has 0 aliphatic carbocycles. The molecule has 0 amide bonds. The van der Waals surface area contributed by atoms with Gasteiger partial charge in [-0.3, -0.25) is 4.79 Å². The summed E-state index contributed by atoms with van der Waals surface area (Å²) in [5.74, 6) is -0.560. The summed E-state index contributed by atoms with van der Waals surface area (Å²) < 4.78 is 45.6. The van der Waals surface area contributed by atoms with Gasteiger partial charge in [-0.05, 0) is 51.3 Å². The second-order valence-corrected chi connectivity index (χ2v) is 9.27. The molecule has 2 N–H and O–H groups in total. The largest absolute Gasteiger partial charge is 0.460 e. The lowest BCUT2D eigenvalue weighted by molar-refractivity contribution is -0.160. The molecule has 0 bridgehead atoms. The van der Waals surface area contributed by atoms with Crippen molar-refractivity contribution in [1.82, 2.24) is 5.32 Å². The lowest BCUT2D eigenvalue weighted by Crippen LogP contribution is -2.39. The zero-order valence-electron chi connectivity index (χ0n) is 17.8. The summed E-state index contributed by atoms with van der Waals surface area (Å²) in [6.07, 6.45) is -3.35. The van der Waals surface area contributed by atoms with E-state index < -0.39 is 17.3 Å². The van der Waals surface area contributed by atoms with Gasteiger partial charge in [0.2, 0.25) is 0 Å². The molecule has 168 valence electrons. The van der Waals surface area contributed by atoms with E-state index in [1.54, 1.807) is 6.07 Å². The fraction of sp³-hybridized carbons (Fsp3) is 0.682. The number of aliphatic hydroxyl groups is 1. The number of anilines is 1. The van der Waals surface area contributed by atoms with Gasteiger partial charge in [0.05, 0.1) is 11.5 Å². The Balaban J connectivity index is 1.82. The number of nitrogens with zero attached hydrogens (tertiary/aromatic N) is 1. The van der Waals surface area contributed by atoms with Gasteiger partial charge in [-0.1, -0.05) is 6.07 Å². The van der Waals surface area contributed by atoms with Crippen LogP contribution in [-0.2, 0) is 15.7 Å². The molecular weight excluding hydrogens is 397 g/mol. The Hall–Kier alpha value is -1.80. The molecule has 8 heteroatoms. The normalized spacial score (nSPS) is 23.6. The molecule has 0 radical (unpaired) electrons. The topological polar surface area (TPSA) is 61.8 Å². The van der Waals surface area contributed by atoms with E-state index in [1.165, 1.54) is 6.07 Å². The van der Waals surface area contributed by atoms with Crippen molar-refractivity contribution in [3.63, 3.8) is 0 Å². The van der Waals surface area contributed by atoms with Crippen molar-refractivity contribution >= 4 is 11.7 Å². The van der Waals surface area contributed by atoms with Crippen molar-refractivity contribution in [2.75, 3.05) is 37.7 Å². The number of esters is 1. The molecule has 2 saturated heterocycles. The van der Waals surface area contributed by atoms with E-state index in [1.807, 2.05) is 25.7 Å². The summed E-state index contributed by atoms with van der Waals surface area (Å²) >= 11 is 0. The number of hydrogen-bond acceptors (Lipinski definition) is 5. The molecule has 3 rings (SSSR count). The van der Waals surface area contributed by atoms with Crippen molar-refractivity contribution in [3.8, 4) is 0 Å². The zero-order chi connectivity index (χ0) is 22.1. The molecule has 2 aliphatic heterocycles. The smallest absolute Gasteiger partial charge is 0.416 e. The van der Waals surface area contributed by atoms with Crippen LogP contribution in [0.2, 0.25) is 0 Å². The van der Waals surface area contributed by atoms with Gasteiger partial charge in [0.15, 0.2) is 0 Å². The molecule has 0 aromatic heterocycles. The van der Waals surface area contributed by atoms with Crippen LogP contribution < -0.4 is 10.2 Å². The van der Waals surface area contributed by atoms with E-state index in [0.717, 1.165) is 11.6 Å². The van der Waals surface area contributed by atoms with Crippen LogP contribution in [0.3, 0.4) is 0 Å². The van der Waals surface area contributed by atoms with E-state index in [4.69, 9.17) is 4.74 Å². The molecule has 1 aromatic rings. The Morgan fingerprint density at radius 2 is 1.87 bits per heavy atom. The molecule has 2 fully saturated rings. The molecule has 2 heterocycles. The average molecular weight is 428 g/mol. The first-order chi connectivity index (χ1) is 14.0. The van der Waals surface area contributed by atoms with Crippen molar-refractivity contribution < 1.29 is 27.8 Å². The maximum Gasteiger partial charge on any atom is 0.416 e. The standard InChI is InChI=1S/C22H31F3N2O3/c1-21(2,3)30-20(29)14-6-8-27(9-7-14)19-10-16(22(23,24)25)4-5-17(19)18-12-26-11-15(18)13-28/h4-5,10,14-15,18,26,28H,6-9,11-13H2,1-3H3/t15-,18+/m1/s1. The molecule has 30 heavy (non-hydrogen) atoms. The Morgan fingerprint density at radius 3 is 2.43 bits per heavy atom. The highest BCUT2D eigenvalue weighted by atomic mass is 19.4. The minimum atomic E-state index is -4.42. The third kappa shape index (κ3) is 5.27. The summed E-state index contributed by atoms with van der Waals surface area (Å²) in [5.41, 5.74) is 0.140. The van der Waals surface area contributed by atoms with E-state index in [-0.39, 0.29) is 30.3 Å². The van der Waals surface area contributed by atoms with E-state index in [9.17, 15) is 23.1 Å². The summed E-state index contributed by atoms with van der Waals surface area (Å²) in [5, 5.41) is 12.9. The van der Waals surface area contributed by atoms with Gasteiger partial charge < -0.3 is 20.1 Å². The maximum absolute atomic E-state index is 13.4. The van der Waals surface area contributed by atoms with Crippen LogP contribution in [0.4, 0.5) is 18.9 Å². The maximum atomic E-state index is 13.4. The minimum Gasteiger partial charge on any atom is -0.460 e. The average Bonchev–Trinajstić information content (AvgIpc) is 3.14. The second kappa shape index (κ2) is 8.75. The van der Waals surface area contributed by atoms with Gasteiger partial charge in [0.1, 0.15) is 5.60 Å². The fourth-order valence-corrected chi connectivity index (χ4v) is 4.34. The van der Waals surface area contributed by atoms with Crippen molar-refractivity contribution in [3.05, 3.63) is 29.3 Å². The van der Waals surface area contributed by atoms with E-state index in [0.29, 0.717) is 44.7 Å². The van der Waals surface area contributed by atoms with Crippen LogP contribution in [0.15, 0.2) is 18.2 Å². The van der Waals surface area contributed by atoms with Gasteiger partial charge in [-0.2, -0.15) is 13.2 Å². The zero-order valence-corrected chi connectivity index (χ0v) is 17.8. The molecule has 2 atom stereocenters. The lowest BCUT2D eigenvalue weighted by Gasteiger charge is -2.36. The highest BCUT2D eigenvalue weighted by Gasteiger charge is 2.36. The number of piperidine rings is 1. The summed E-state index contributed by atoms with van der Waals surface area (Å²) in [6, 6.07) is 3.90. The lowest BCUT2D eigenvalue weighted by atomic mass is 9.86. The Kier molecular flexibility index (Phi) is 6.67. The number of carbonyl (C=O) groups excluding carboxylic acids is 1. The molecular formula is C22H31F3N2O3. The molecule has 0 unspecified atom stereocenters. The van der Waals surface area contributed by atoms with Crippen molar-refractivity contribution in [2.45, 2.75) is 51.3 Å². The number of nitrogens with one attached hydrogen (secondary N) is 1. The quantitative estimate of drug-likeness (QED) is 0.718. The number of alkyl halides is 3. The Bertz CT molecular complexity index is 753. The second-order valence-electron chi connectivity index (χ2n) is 9.27. The van der Waals surface area contributed by atoms with Gasteiger partial charge in [0, 0.05) is 50.3 Å². The van der Waals surface area contributed by atoms with E-state index in [2.05, 4.69) is 5.32 Å². The number of halogens is 3. The first-order valence-corrected chi connectivity index (χ1v) is 10.5. The predicted molar refractivity (Wildman–Crippen MR) is 108 cm³/mol. The predicted octanol–water partition coefficient (Wildman–Crippen LogP) is 3.56. The number of rotatable bonds is 4. The number of benzene rings is 1. The molecule has 5 nitrogen and oxygen atoms in total. The molecule has 0 saturated carbocycles. The Morgan fingerprint density at radius 1 is 1.20 bits per heavy atom. The number of carbonyl (C=O) groups is 1. The van der Waals surface area contributed by atoms with Crippen LogP contribution in [0.5, 0.6) is 0 Å². The van der Waals surface area contributed by atoms with Crippen LogP contribution in [0.1, 0.15) is 50.7 Å². The summed E-state index contributed by atoms with van der Waals surface area (Å²) in [7, 11) is 0. The highest BCUT2D eigenvalue weighted by molar-refractivity contribution is 5.73. The third-order valence-electron chi connectivity index (χ3n) is 5.91. The van der Waals surface area contributed by atoms with Crippen LogP contribution >= 0.6 is 0 Å². The Labute approximate surface area is 175 Å². The fourth-order valence-electron chi connectivity index (χ4n) is 4.34. The molecule has 2 aliphatic rings. The highest BCUT2D eigenvalue weighted by Crippen LogP contribution is 2.40. The SMILES string of the molecule is CC(C)(C)OC(=O)C1CCN(c2cc(C(F)(F)F)ccc2[C@H]2CNC[C@@H]2CO)CC1. The summed E-state index contributed by atoms with van der Waals surface area (Å²) in [6.45, 7) is 7.69. The number of ether oxygens (including phenoxy) is 1. The van der Waals surface area contributed by atoms with Gasteiger partial charge in [0.25, 0.3) is 0 Å².